The summed E-state index contributed by atoms with van der Waals surface area (Å²) in [5, 5.41) is 6.85. The number of methoxy groups -OCH3 is 2. The minimum absolute atomic E-state index is 0.126. The molecule has 1 aliphatic rings. The van der Waals surface area contributed by atoms with Gasteiger partial charge in [0.2, 0.25) is 5.91 Å². The molecular weight excluding hydrogens is 552 g/mol. The van der Waals surface area contributed by atoms with E-state index < -0.39 is 17.4 Å². The fourth-order valence-corrected chi connectivity index (χ4v) is 5.09. The second kappa shape index (κ2) is 11.7. The molecule has 5 rings (SSSR count). The molecule has 216 valence electrons. The lowest BCUT2D eigenvalue weighted by atomic mass is 9.95. The molecule has 1 fully saturated rings. The molecule has 2 N–H and O–H groups in total. The molecular formula is C32H32N4O5S. The van der Waals surface area contributed by atoms with Crippen molar-refractivity contribution in [2.24, 2.45) is 5.41 Å². The highest BCUT2D eigenvalue weighted by molar-refractivity contribution is 7.80. The summed E-state index contributed by atoms with van der Waals surface area (Å²) in [6.07, 6.45) is 1.74. The lowest BCUT2D eigenvalue weighted by Crippen LogP contribution is -2.30. The number of hydrogen-bond donors (Lipinski definition) is 2. The van der Waals surface area contributed by atoms with Gasteiger partial charge in [-0.3, -0.25) is 9.78 Å². The molecule has 0 radical (unpaired) electrons. The van der Waals surface area contributed by atoms with Crippen LogP contribution in [0.2, 0.25) is 0 Å². The molecule has 1 aliphatic heterocycles. The molecule has 10 heteroatoms. The number of carbonyl (C=O) groups is 2. The van der Waals surface area contributed by atoms with Gasteiger partial charge < -0.3 is 29.4 Å². The van der Waals surface area contributed by atoms with E-state index in [4.69, 9.17) is 26.1 Å². The summed E-state index contributed by atoms with van der Waals surface area (Å²) in [7, 11) is 2.91. The Labute approximate surface area is 249 Å². The molecule has 2 atom stereocenters. The Morgan fingerprint density at radius 1 is 1.02 bits per heavy atom. The van der Waals surface area contributed by atoms with Crippen LogP contribution >= 0.6 is 12.2 Å². The molecule has 2 aromatic carbocycles. The highest BCUT2D eigenvalue weighted by atomic mass is 32.1. The SMILES string of the molecule is COC(=O)c1cccc(-c2ccc([C@@H]3[C@H](c4ccccn4)NC(=S)N3c3ccc(NC(=O)C(C)(C)C)c(OC)c3)o2)c1. The first kappa shape index (κ1) is 28.8. The van der Waals surface area contributed by atoms with Crippen LogP contribution in [-0.4, -0.2) is 36.2 Å². The molecule has 0 spiro atoms. The maximum absolute atomic E-state index is 12.7. The zero-order valence-electron chi connectivity index (χ0n) is 24.0. The number of hydrogen-bond acceptors (Lipinski definition) is 7. The standard InChI is InChI=1S/C32H32N4O5S/c1-32(2,3)30(38)34-22-13-12-21(18-26(22)39-4)36-28(27(35-31(36)42)23-11-6-7-16-33-23)25-15-14-24(41-25)19-9-8-10-20(17-19)29(37)40-5/h6-18,27-28H,1-5H3,(H,34,38)(H,35,42)/t27-,28+/m0/s1. The van der Waals surface area contributed by atoms with Gasteiger partial charge in [-0.05, 0) is 60.7 Å². The maximum Gasteiger partial charge on any atom is 0.337 e. The number of thiocarbonyl (C=S) groups is 1. The van der Waals surface area contributed by atoms with Crippen molar-refractivity contribution in [2.75, 3.05) is 24.4 Å². The molecule has 1 saturated heterocycles. The van der Waals surface area contributed by atoms with Gasteiger partial charge in [-0.25, -0.2) is 4.79 Å². The quantitative estimate of drug-likeness (QED) is 0.191. The van der Waals surface area contributed by atoms with Gasteiger partial charge in [-0.1, -0.05) is 39.0 Å². The van der Waals surface area contributed by atoms with E-state index in [1.807, 2.05) is 74.2 Å². The Bertz CT molecular complexity index is 1630. The van der Waals surface area contributed by atoms with Crippen LogP contribution in [0.4, 0.5) is 11.4 Å². The third kappa shape index (κ3) is 5.71. The third-order valence-corrected chi connectivity index (χ3v) is 7.29. The summed E-state index contributed by atoms with van der Waals surface area (Å²) in [5.41, 5.74) is 2.68. The number of anilines is 2. The monoisotopic (exact) mass is 584 g/mol. The van der Waals surface area contributed by atoms with Crippen molar-refractivity contribution in [3.8, 4) is 17.1 Å². The first-order valence-electron chi connectivity index (χ1n) is 13.4. The highest BCUT2D eigenvalue weighted by Gasteiger charge is 2.43. The average Bonchev–Trinajstić information content (AvgIpc) is 3.61. The van der Waals surface area contributed by atoms with E-state index in [0.29, 0.717) is 33.6 Å². The molecule has 0 bridgehead atoms. The van der Waals surface area contributed by atoms with Gasteiger partial charge in [0.15, 0.2) is 5.11 Å². The Hall–Kier alpha value is -4.70. The number of rotatable bonds is 7. The topological polar surface area (TPSA) is 106 Å². The predicted octanol–water partition coefficient (Wildman–Crippen LogP) is 6.30. The van der Waals surface area contributed by atoms with Crippen LogP contribution in [0.5, 0.6) is 5.75 Å². The van der Waals surface area contributed by atoms with Crippen molar-refractivity contribution in [1.82, 2.24) is 10.3 Å². The van der Waals surface area contributed by atoms with Gasteiger partial charge in [0.1, 0.15) is 23.3 Å². The average molecular weight is 585 g/mol. The predicted molar refractivity (Wildman–Crippen MR) is 164 cm³/mol. The number of amides is 1. The van der Waals surface area contributed by atoms with Gasteiger partial charge in [-0.2, -0.15) is 0 Å². The minimum atomic E-state index is -0.571. The van der Waals surface area contributed by atoms with Crippen molar-refractivity contribution in [3.05, 3.63) is 96.0 Å². The fourth-order valence-electron chi connectivity index (χ4n) is 4.75. The number of aromatic nitrogens is 1. The van der Waals surface area contributed by atoms with Crippen LogP contribution in [0.1, 0.15) is 54.7 Å². The van der Waals surface area contributed by atoms with Gasteiger partial charge in [0, 0.05) is 28.9 Å². The summed E-state index contributed by atoms with van der Waals surface area (Å²) >= 11 is 5.85. The smallest absolute Gasteiger partial charge is 0.337 e. The molecule has 42 heavy (non-hydrogen) atoms. The lowest BCUT2D eigenvalue weighted by molar-refractivity contribution is -0.123. The van der Waals surface area contributed by atoms with E-state index in [2.05, 4.69) is 15.6 Å². The molecule has 0 unspecified atom stereocenters. The Kier molecular flexibility index (Phi) is 8.00. The molecule has 9 nitrogen and oxygen atoms in total. The number of furan rings is 1. The fraction of sp³-hybridized carbons (Fsp3) is 0.250. The molecule has 2 aromatic heterocycles. The van der Waals surface area contributed by atoms with E-state index >= 15 is 0 Å². The van der Waals surface area contributed by atoms with Crippen LogP contribution < -0.4 is 20.3 Å². The summed E-state index contributed by atoms with van der Waals surface area (Å²) in [5.74, 6) is 1.17. The number of esters is 1. The summed E-state index contributed by atoms with van der Waals surface area (Å²) in [4.78, 5) is 31.3. The van der Waals surface area contributed by atoms with Crippen molar-refractivity contribution >= 4 is 40.6 Å². The summed E-state index contributed by atoms with van der Waals surface area (Å²) in [6, 6.07) is 21.3. The van der Waals surface area contributed by atoms with Gasteiger partial charge in [-0.15, -0.1) is 0 Å². The van der Waals surface area contributed by atoms with E-state index in [9.17, 15) is 9.59 Å². The van der Waals surface area contributed by atoms with Gasteiger partial charge in [0.25, 0.3) is 0 Å². The Morgan fingerprint density at radius 2 is 1.83 bits per heavy atom. The van der Waals surface area contributed by atoms with Crippen LogP contribution in [0.15, 0.2) is 83.4 Å². The van der Waals surface area contributed by atoms with E-state index in [0.717, 1.165) is 16.9 Å². The molecule has 3 heterocycles. The van der Waals surface area contributed by atoms with Crippen molar-refractivity contribution in [3.63, 3.8) is 0 Å². The van der Waals surface area contributed by atoms with Crippen molar-refractivity contribution in [2.45, 2.75) is 32.9 Å². The second-order valence-electron chi connectivity index (χ2n) is 10.9. The zero-order valence-corrected chi connectivity index (χ0v) is 24.8. The molecule has 0 saturated carbocycles. The number of pyridine rings is 1. The number of nitrogens with one attached hydrogen (secondary N) is 2. The first-order chi connectivity index (χ1) is 20.1. The first-order valence-corrected chi connectivity index (χ1v) is 13.8. The molecule has 1 amide bonds. The summed E-state index contributed by atoms with van der Waals surface area (Å²) in [6.45, 7) is 5.55. The lowest BCUT2D eigenvalue weighted by Gasteiger charge is -2.27. The number of nitrogens with zero attached hydrogens (tertiary/aromatic N) is 2. The van der Waals surface area contributed by atoms with E-state index in [1.54, 1.807) is 37.6 Å². The zero-order chi connectivity index (χ0) is 30.0. The van der Waals surface area contributed by atoms with Crippen LogP contribution in [0, 0.1) is 5.41 Å². The van der Waals surface area contributed by atoms with Crippen molar-refractivity contribution < 1.29 is 23.5 Å². The van der Waals surface area contributed by atoms with Crippen molar-refractivity contribution in [1.29, 1.82) is 0 Å². The van der Waals surface area contributed by atoms with Crippen LogP contribution in [0.25, 0.3) is 11.3 Å². The van der Waals surface area contributed by atoms with E-state index in [-0.39, 0.29) is 11.9 Å². The molecule has 0 aliphatic carbocycles. The van der Waals surface area contributed by atoms with Gasteiger partial charge >= 0.3 is 5.97 Å². The number of ether oxygens (including phenoxy) is 2. The minimum Gasteiger partial charge on any atom is -0.494 e. The largest absolute Gasteiger partial charge is 0.494 e. The normalized spacial score (nSPS) is 16.6. The highest BCUT2D eigenvalue weighted by Crippen LogP contribution is 2.44. The second-order valence-corrected chi connectivity index (χ2v) is 11.2. The van der Waals surface area contributed by atoms with Crippen LogP contribution in [-0.2, 0) is 9.53 Å². The van der Waals surface area contributed by atoms with Crippen LogP contribution in [0.3, 0.4) is 0 Å². The Morgan fingerprint density at radius 3 is 2.52 bits per heavy atom. The maximum atomic E-state index is 12.7. The van der Waals surface area contributed by atoms with E-state index in [1.165, 1.54) is 7.11 Å². The summed E-state index contributed by atoms with van der Waals surface area (Å²) < 4.78 is 17.0. The number of benzene rings is 2. The third-order valence-electron chi connectivity index (χ3n) is 6.98. The van der Waals surface area contributed by atoms with Gasteiger partial charge in [0.05, 0.1) is 37.2 Å². The number of carbonyl (C=O) groups excluding carboxylic acids is 2. The molecule has 4 aromatic rings. The Balaban J connectivity index is 1.55.